The van der Waals surface area contributed by atoms with Crippen molar-refractivity contribution in [2.24, 2.45) is 0 Å². The zero-order valence-corrected chi connectivity index (χ0v) is 9.70. The van der Waals surface area contributed by atoms with Gasteiger partial charge in [-0.15, -0.1) is 0 Å². The van der Waals surface area contributed by atoms with Crippen LogP contribution in [0.3, 0.4) is 0 Å². The van der Waals surface area contributed by atoms with Crippen LogP contribution >= 0.6 is 0 Å². The van der Waals surface area contributed by atoms with Crippen molar-refractivity contribution in [2.75, 3.05) is 26.9 Å². The standard InChI is InChI=1S/C12H18FNO2/c1-10(9-15-2)14-7-8-16-12-6-4-3-5-11(12)13/h3-6,10,14H,7-9H2,1-2H3. The van der Waals surface area contributed by atoms with Gasteiger partial charge in [0.1, 0.15) is 6.61 Å². The maximum atomic E-state index is 13.1. The molecule has 1 N–H and O–H groups in total. The first-order valence-electron chi connectivity index (χ1n) is 5.33. The van der Waals surface area contributed by atoms with Crippen LogP contribution in [-0.2, 0) is 4.74 Å². The van der Waals surface area contributed by atoms with Crippen molar-refractivity contribution in [2.45, 2.75) is 13.0 Å². The van der Waals surface area contributed by atoms with Gasteiger partial charge in [-0.2, -0.15) is 0 Å². The van der Waals surface area contributed by atoms with Gasteiger partial charge < -0.3 is 14.8 Å². The number of para-hydroxylation sites is 1. The molecule has 0 aliphatic heterocycles. The largest absolute Gasteiger partial charge is 0.489 e. The highest BCUT2D eigenvalue weighted by atomic mass is 19.1. The van der Waals surface area contributed by atoms with E-state index in [1.54, 1.807) is 25.3 Å². The third kappa shape index (κ3) is 4.59. The molecule has 0 aromatic heterocycles. The summed E-state index contributed by atoms with van der Waals surface area (Å²) in [7, 11) is 1.66. The van der Waals surface area contributed by atoms with E-state index < -0.39 is 0 Å². The van der Waals surface area contributed by atoms with Crippen LogP contribution in [0.2, 0.25) is 0 Å². The lowest BCUT2D eigenvalue weighted by Gasteiger charge is -2.13. The molecule has 1 aromatic carbocycles. The van der Waals surface area contributed by atoms with E-state index >= 15 is 0 Å². The molecule has 1 atom stereocenters. The zero-order valence-electron chi connectivity index (χ0n) is 9.70. The number of rotatable bonds is 7. The molecule has 0 aliphatic carbocycles. The molecule has 1 rings (SSSR count). The molecular weight excluding hydrogens is 209 g/mol. The Bertz CT molecular complexity index is 307. The highest BCUT2D eigenvalue weighted by molar-refractivity contribution is 5.23. The number of benzene rings is 1. The zero-order chi connectivity index (χ0) is 11.8. The fourth-order valence-corrected chi connectivity index (χ4v) is 1.34. The fourth-order valence-electron chi connectivity index (χ4n) is 1.34. The third-order valence-corrected chi connectivity index (χ3v) is 2.11. The molecule has 0 amide bonds. The van der Waals surface area contributed by atoms with Gasteiger partial charge in [-0.3, -0.25) is 0 Å². The van der Waals surface area contributed by atoms with Crippen molar-refractivity contribution in [1.29, 1.82) is 0 Å². The molecule has 0 radical (unpaired) electrons. The molecule has 4 heteroatoms. The molecule has 0 spiro atoms. The third-order valence-electron chi connectivity index (χ3n) is 2.11. The first-order valence-corrected chi connectivity index (χ1v) is 5.33. The Hall–Kier alpha value is -1.13. The number of halogens is 1. The minimum atomic E-state index is -0.326. The molecule has 0 saturated carbocycles. The van der Waals surface area contributed by atoms with Gasteiger partial charge in [0.15, 0.2) is 11.6 Å². The second-order valence-corrected chi connectivity index (χ2v) is 3.59. The summed E-state index contributed by atoms with van der Waals surface area (Å²) in [6, 6.07) is 6.67. The van der Waals surface area contributed by atoms with Gasteiger partial charge in [0.2, 0.25) is 0 Å². The van der Waals surface area contributed by atoms with E-state index in [0.717, 1.165) is 0 Å². The molecule has 0 saturated heterocycles. The van der Waals surface area contributed by atoms with Crippen LogP contribution in [-0.4, -0.2) is 32.9 Å². The van der Waals surface area contributed by atoms with Gasteiger partial charge in [-0.1, -0.05) is 12.1 Å². The van der Waals surface area contributed by atoms with Crippen LogP contribution in [0.5, 0.6) is 5.75 Å². The number of hydrogen-bond acceptors (Lipinski definition) is 3. The summed E-state index contributed by atoms with van der Waals surface area (Å²) >= 11 is 0. The second-order valence-electron chi connectivity index (χ2n) is 3.59. The molecular formula is C12H18FNO2. The van der Waals surface area contributed by atoms with E-state index in [1.165, 1.54) is 6.07 Å². The predicted octanol–water partition coefficient (Wildman–Crippen LogP) is 1.83. The Labute approximate surface area is 95.6 Å². The Morgan fingerprint density at radius 3 is 2.81 bits per heavy atom. The lowest BCUT2D eigenvalue weighted by Crippen LogP contribution is -2.33. The second kappa shape index (κ2) is 7.19. The lowest BCUT2D eigenvalue weighted by atomic mass is 10.3. The van der Waals surface area contributed by atoms with Crippen molar-refractivity contribution in [1.82, 2.24) is 5.32 Å². The summed E-state index contributed by atoms with van der Waals surface area (Å²) in [5.74, 6) is -0.0314. The van der Waals surface area contributed by atoms with Gasteiger partial charge >= 0.3 is 0 Å². The Balaban J connectivity index is 2.19. The summed E-state index contributed by atoms with van der Waals surface area (Å²) in [6.07, 6.45) is 0. The predicted molar refractivity (Wildman–Crippen MR) is 61.2 cm³/mol. The van der Waals surface area contributed by atoms with Crippen LogP contribution in [0.25, 0.3) is 0 Å². The Kier molecular flexibility index (Phi) is 5.82. The molecule has 0 heterocycles. The molecule has 0 aliphatic rings. The maximum Gasteiger partial charge on any atom is 0.165 e. The van der Waals surface area contributed by atoms with Gasteiger partial charge in [0, 0.05) is 19.7 Å². The monoisotopic (exact) mass is 227 g/mol. The van der Waals surface area contributed by atoms with Crippen molar-refractivity contribution in [3.63, 3.8) is 0 Å². The van der Waals surface area contributed by atoms with E-state index in [4.69, 9.17) is 9.47 Å². The highest BCUT2D eigenvalue weighted by Crippen LogP contribution is 2.14. The quantitative estimate of drug-likeness (QED) is 0.721. The minimum Gasteiger partial charge on any atom is -0.489 e. The normalized spacial score (nSPS) is 12.4. The summed E-state index contributed by atoms with van der Waals surface area (Å²) in [5.41, 5.74) is 0. The van der Waals surface area contributed by atoms with Gasteiger partial charge in [-0.05, 0) is 19.1 Å². The van der Waals surface area contributed by atoms with Gasteiger partial charge in [0.05, 0.1) is 6.61 Å². The van der Waals surface area contributed by atoms with Crippen LogP contribution < -0.4 is 10.1 Å². The van der Waals surface area contributed by atoms with Gasteiger partial charge in [0.25, 0.3) is 0 Å². The van der Waals surface area contributed by atoms with E-state index in [9.17, 15) is 4.39 Å². The summed E-state index contributed by atoms with van der Waals surface area (Å²) < 4.78 is 23.4. The smallest absolute Gasteiger partial charge is 0.165 e. The molecule has 1 unspecified atom stereocenters. The average molecular weight is 227 g/mol. The van der Waals surface area contributed by atoms with Crippen molar-refractivity contribution in [3.05, 3.63) is 30.1 Å². The topological polar surface area (TPSA) is 30.5 Å². The molecule has 90 valence electrons. The molecule has 0 bridgehead atoms. The van der Waals surface area contributed by atoms with E-state index in [0.29, 0.717) is 25.5 Å². The SMILES string of the molecule is COCC(C)NCCOc1ccccc1F. The van der Waals surface area contributed by atoms with Crippen LogP contribution in [0, 0.1) is 5.82 Å². The van der Waals surface area contributed by atoms with E-state index in [2.05, 4.69) is 5.32 Å². The summed E-state index contributed by atoms with van der Waals surface area (Å²) in [4.78, 5) is 0. The first kappa shape index (κ1) is 12.9. The number of ether oxygens (including phenoxy) is 2. The lowest BCUT2D eigenvalue weighted by molar-refractivity contribution is 0.168. The van der Waals surface area contributed by atoms with Crippen LogP contribution in [0.15, 0.2) is 24.3 Å². The number of hydrogen-bond donors (Lipinski definition) is 1. The number of nitrogens with one attached hydrogen (secondary N) is 1. The molecule has 3 nitrogen and oxygen atoms in total. The van der Waals surface area contributed by atoms with Crippen molar-refractivity contribution in [3.8, 4) is 5.75 Å². The fraction of sp³-hybridized carbons (Fsp3) is 0.500. The first-order chi connectivity index (χ1) is 7.74. The molecule has 1 aromatic rings. The Morgan fingerprint density at radius 2 is 2.12 bits per heavy atom. The highest BCUT2D eigenvalue weighted by Gasteiger charge is 2.02. The van der Waals surface area contributed by atoms with Crippen molar-refractivity contribution < 1.29 is 13.9 Å². The van der Waals surface area contributed by atoms with Gasteiger partial charge in [-0.25, -0.2) is 4.39 Å². The molecule has 0 fully saturated rings. The van der Waals surface area contributed by atoms with E-state index in [1.807, 2.05) is 6.92 Å². The van der Waals surface area contributed by atoms with E-state index in [-0.39, 0.29) is 11.9 Å². The average Bonchev–Trinajstić information content (AvgIpc) is 2.27. The summed E-state index contributed by atoms with van der Waals surface area (Å²) in [6.45, 7) is 3.78. The minimum absolute atomic E-state index is 0.272. The Morgan fingerprint density at radius 1 is 1.38 bits per heavy atom. The maximum absolute atomic E-state index is 13.1. The molecule has 16 heavy (non-hydrogen) atoms. The summed E-state index contributed by atoms with van der Waals surface area (Å²) in [5, 5.41) is 3.20. The van der Waals surface area contributed by atoms with Crippen LogP contribution in [0.1, 0.15) is 6.92 Å². The number of methoxy groups -OCH3 is 1. The van der Waals surface area contributed by atoms with Crippen LogP contribution in [0.4, 0.5) is 4.39 Å². The van der Waals surface area contributed by atoms with Crippen molar-refractivity contribution >= 4 is 0 Å².